The molecule has 21 heavy (non-hydrogen) atoms. The standard InChI is InChI=1S/C16H20N2O3/c1-4-17-15-10-12(8-9-18-15)11-21-16-13(19-2)6-5-7-14(16)20-3/h5-10H,4,11H2,1-3H3,(H,17,18). The second-order valence-corrected chi connectivity index (χ2v) is 4.36. The molecule has 5 heteroatoms. The molecule has 5 nitrogen and oxygen atoms in total. The first-order valence-corrected chi connectivity index (χ1v) is 6.81. The molecule has 2 aromatic rings. The molecule has 0 fully saturated rings. The van der Waals surface area contributed by atoms with Crippen LogP contribution in [0.5, 0.6) is 17.2 Å². The predicted molar refractivity (Wildman–Crippen MR) is 82.3 cm³/mol. The molecule has 1 N–H and O–H groups in total. The third-order valence-electron chi connectivity index (χ3n) is 2.95. The third kappa shape index (κ3) is 3.78. The van der Waals surface area contributed by atoms with E-state index in [2.05, 4.69) is 10.3 Å². The van der Waals surface area contributed by atoms with Gasteiger partial charge in [-0.1, -0.05) is 6.07 Å². The Balaban J connectivity index is 2.14. The molecule has 0 bridgehead atoms. The first kappa shape index (κ1) is 15.0. The average molecular weight is 288 g/mol. The van der Waals surface area contributed by atoms with Gasteiger partial charge in [-0.05, 0) is 36.8 Å². The van der Waals surface area contributed by atoms with Crippen molar-refractivity contribution < 1.29 is 14.2 Å². The van der Waals surface area contributed by atoms with Crippen LogP contribution in [0.25, 0.3) is 0 Å². The Morgan fingerprint density at radius 2 is 1.81 bits per heavy atom. The summed E-state index contributed by atoms with van der Waals surface area (Å²) in [7, 11) is 3.22. The van der Waals surface area contributed by atoms with E-state index in [0.29, 0.717) is 23.9 Å². The number of anilines is 1. The summed E-state index contributed by atoms with van der Waals surface area (Å²) in [4.78, 5) is 4.24. The van der Waals surface area contributed by atoms with E-state index in [1.54, 1.807) is 20.4 Å². The highest BCUT2D eigenvalue weighted by atomic mass is 16.5. The van der Waals surface area contributed by atoms with Crippen LogP contribution in [0.3, 0.4) is 0 Å². The van der Waals surface area contributed by atoms with Gasteiger partial charge >= 0.3 is 0 Å². The lowest BCUT2D eigenvalue weighted by Crippen LogP contribution is -2.03. The summed E-state index contributed by atoms with van der Waals surface area (Å²) >= 11 is 0. The topological polar surface area (TPSA) is 52.6 Å². The predicted octanol–water partition coefficient (Wildman–Crippen LogP) is 3.11. The summed E-state index contributed by atoms with van der Waals surface area (Å²) in [5.74, 6) is 2.74. The first-order valence-electron chi connectivity index (χ1n) is 6.81. The molecule has 0 saturated heterocycles. The zero-order valence-electron chi connectivity index (χ0n) is 12.6. The van der Waals surface area contributed by atoms with Crippen LogP contribution in [0, 0.1) is 0 Å². The summed E-state index contributed by atoms with van der Waals surface area (Å²) in [6.45, 7) is 3.28. The maximum absolute atomic E-state index is 5.86. The van der Waals surface area contributed by atoms with Crippen molar-refractivity contribution >= 4 is 5.82 Å². The van der Waals surface area contributed by atoms with Gasteiger partial charge in [-0.3, -0.25) is 0 Å². The molecule has 1 aromatic carbocycles. The molecule has 0 unspecified atom stereocenters. The number of benzene rings is 1. The van der Waals surface area contributed by atoms with E-state index in [9.17, 15) is 0 Å². The SMILES string of the molecule is CCNc1cc(COc2c(OC)cccc2OC)ccn1. The minimum atomic E-state index is 0.414. The molecule has 2 rings (SSSR count). The van der Waals surface area contributed by atoms with E-state index in [1.807, 2.05) is 37.3 Å². The molecule has 0 amide bonds. The van der Waals surface area contributed by atoms with E-state index in [0.717, 1.165) is 17.9 Å². The number of nitrogens with zero attached hydrogens (tertiary/aromatic N) is 1. The van der Waals surface area contributed by atoms with Crippen molar-refractivity contribution in [2.45, 2.75) is 13.5 Å². The van der Waals surface area contributed by atoms with E-state index in [4.69, 9.17) is 14.2 Å². The maximum Gasteiger partial charge on any atom is 0.203 e. The Hall–Kier alpha value is -2.43. The number of ether oxygens (including phenoxy) is 3. The fraction of sp³-hybridized carbons (Fsp3) is 0.312. The number of methoxy groups -OCH3 is 2. The molecule has 0 aliphatic rings. The highest BCUT2D eigenvalue weighted by Gasteiger charge is 2.11. The van der Waals surface area contributed by atoms with Crippen LogP contribution in [-0.4, -0.2) is 25.7 Å². The molecule has 0 atom stereocenters. The molecule has 1 aromatic heterocycles. The van der Waals surface area contributed by atoms with Crippen molar-refractivity contribution in [2.75, 3.05) is 26.1 Å². The fourth-order valence-electron chi connectivity index (χ4n) is 1.96. The van der Waals surface area contributed by atoms with Crippen LogP contribution in [0.4, 0.5) is 5.82 Å². The van der Waals surface area contributed by atoms with Crippen LogP contribution in [0.1, 0.15) is 12.5 Å². The van der Waals surface area contributed by atoms with Crippen LogP contribution in [-0.2, 0) is 6.61 Å². The van der Waals surface area contributed by atoms with Gasteiger partial charge in [0.1, 0.15) is 12.4 Å². The molecule has 0 spiro atoms. The van der Waals surface area contributed by atoms with Gasteiger partial charge < -0.3 is 19.5 Å². The summed E-state index contributed by atoms with van der Waals surface area (Å²) in [5.41, 5.74) is 1.02. The van der Waals surface area contributed by atoms with Gasteiger partial charge in [-0.25, -0.2) is 4.98 Å². The van der Waals surface area contributed by atoms with E-state index in [-0.39, 0.29) is 0 Å². The Kier molecular flexibility index (Phi) is 5.26. The molecular weight excluding hydrogens is 268 g/mol. The second kappa shape index (κ2) is 7.38. The van der Waals surface area contributed by atoms with Gasteiger partial charge in [-0.2, -0.15) is 0 Å². The number of hydrogen-bond donors (Lipinski definition) is 1. The van der Waals surface area contributed by atoms with Crippen molar-refractivity contribution in [2.24, 2.45) is 0 Å². The van der Waals surface area contributed by atoms with Gasteiger partial charge in [0.25, 0.3) is 0 Å². The maximum atomic E-state index is 5.86. The number of hydrogen-bond acceptors (Lipinski definition) is 5. The van der Waals surface area contributed by atoms with Crippen molar-refractivity contribution in [3.8, 4) is 17.2 Å². The van der Waals surface area contributed by atoms with Crippen molar-refractivity contribution in [1.29, 1.82) is 0 Å². The van der Waals surface area contributed by atoms with Crippen LogP contribution in [0.15, 0.2) is 36.5 Å². The van der Waals surface area contributed by atoms with Gasteiger partial charge in [0.2, 0.25) is 5.75 Å². The normalized spacial score (nSPS) is 10.0. The van der Waals surface area contributed by atoms with E-state index < -0.39 is 0 Å². The molecule has 0 radical (unpaired) electrons. The van der Waals surface area contributed by atoms with Crippen molar-refractivity contribution in [3.63, 3.8) is 0 Å². The number of pyridine rings is 1. The minimum Gasteiger partial charge on any atom is -0.493 e. The van der Waals surface area contributed by atoms with Crippen LogP contribution >= 0.6 is 0 Å². The molecular formula is C16H20N2O3. The summed E-state index contributed by atoms with van der Waals surface area (Å²) in [6, 6.07) is 9.43. The van der Waals surface area contributed by atoms with Crippen molar-refractivity contribution in [3.05, 3.63) is 42.1 Å². The largest absolute Gasteiger partial charge is 0.493 e. The Morgan fingerprint density at radius 3 is 2.43 bits per heavy atom. The first-order chi connectivity index (χ1) is 10.3. The minimum absolute atomic E-state index is 0.414. The lowest BCUT2D eigenvalue weighted by Gasteiger charge is -2.14. The number of para-hydroxylation sites is 1. The molecule has 0 aliphatic carbocycles. The highest BCUT2D eigenvalue weighted by molar-refractivity contribution is 5.51. The van der Waals surface area contributed by atoms with E-state index in [1.165, 1.54) is 0 Å². The molecule has 0 saturated carbocycles. The zero-order valence-corrected chi connectivity index (χ0v) is 12.6. The quantitative estimate of drug-likeness (QED) is 0.848. The third-order valence-corrected chi connectivity index (χ3v) is 2.95. The average Bonchev–Trinajstić information content (AvgIpc) is 2.53. The van der Waals surface area contributed by atoms with E-state index >= 15 is 0 Å². The summed E-state index contributed by atoms with van der Waals surface area (Å²) in [5, 5.41) is 3.18. The fourth-order valence-corrected chi connectivity index (χ4v) is 1.96. The van der Waals surface area contributed by atoms with Crippen LogP contribution in [0.2, 0.25) is 0 Å². The summed E-state index contributed by atoms with van der Waals surface area (Å²) < 4.78 is 16.5. The number of nitrogens with one attached hydrogen (secondary N) is 1. The monoisotopic (exact) mass is 288 g/mol. The molecule has 0 aliphatic heterocycles. The zero-order chi connectivity index (χ0) is 15.1. The van der Waals surface area contributed by atoms with Crippen LogP contribution < -0.4 is 19.5 Å². The lowest BCUT2D eigenvalue weighted by molar-refractivity contribution is 0.266. The van der Waals surface area contributed by atoms with Gasteiger partial charge in [-0.15, -0.1) is 0 Å². The molecule has 1 heterocycles. The van der Waals surface area contributed by atoms with Gasteiger partial charge in [0.05, 0.1) is 14.2 Å². The Labute approximate surface area is 124 Å². The number of aromatic nitrogens is 1. The van der Waals surface area contributed by atoms with Gasteiger partial charge in [0.15, 0.2) is 11.5 Å². The molecule has 112 valence electrons. The lowest BCUT2D eigenvalue weighted by atomic mass is 10.2. The second-order valence-electron chi connectivity index (χ2n) is 4.36. The summed E-state index contributed by atoms with van der Waals surface area (Å²) in [6.07, 6.45) is 1.76. The Bertz CT molecular complexity index is 565. The Morgan fingerprint density at radius 1 is 1.10 bits per heavy atom. The highest BCUT2D eigenvalue weighted by Crippen LogP contribution is 2.37. The number of rotatable bonds is 7. The van der Waals surface area contributed by atoms with Gasteiger partial charge in [0, 0.05) is 12.7 Å². The smallest absolute Gasteiger partial charge is 0.203 e. The van der Waals surface area contributed by atoms with Crippen molar-refractivity contribution in [1.82, 2.24) is 4.98 Å².